The van der Waals surface area contributed by atoms with Crippen LogP contribution in [-0.2, 0) is 20.9 Å². The van der Waals surface area contributed by atoms with E-state index in [1.165, 1.54) is 0 Å². The summed E-state index contributed by atoms with van der Waals surface area (Å²) in [4.78, 5) is 23.7. The summed E-state index contributed by atoms with van der Waals surface area (Å²) in [5.41, 5.74) is 1.97. The maximum atomic E-state index is 11.9. The summed E-state index contributed by atoms with van der Waals surface area (Å²) in [5.74, 6) is 0.255. The second-order valence-corrected chi connectivity index (χ2v) is 6.87. The number of hydrogen-bond acceptors (Lipinski definition) is 9. The van der Waals surface area contributed by atoms with Crippen LogP contribution in [0.25, 0.3) is 22.7 Å². The molecule has 10 nitrogen and oxygen atoms in total. The predicted octanol–water partition coefficient (Wildman–Crippen LogP) is 2.94. The average Bonchev–Trinajstić information content (AvgIpc) is 3.47. The molecule has 10 heteroatoms. The maximum absolute atomic E-state index is 11.9. The molecule has 0 radical (unpaired) electrons. The van der Waals surface area contributed by atoms with Crippen LogP contribution in [0.3, 0.4) is 0 Å². The van der Waals surface area contributed by atoms with Gasteiger partial charge >= 0.3 is 5.97 Å². The Labute approximate surface area is 188 Å². The van der Waals surface area contributed by atoms with Crippen LogP contribution in [0.4, 0.5) is 0 Å². The average molecular weight is 448 g/mol. The van der Waals surface area contributed by atoms with Gasteiger partial charge in [0.05, 0.1) is 0 Å². The summed E-state index contributed by atoms with van der Waals surface area (Å²) in [5, 5.41) is 14.4. The zero-order chi connectivity index (χ0) is 23.0. The molecule has 0 aliphatic heterocycles. The molecule has 33 heavy (non-hydrogen) atoms. The number of hydrogen-bond donors (Lipinski definition) is 1. The Kier molecular flexibility index (Phi) is 6.74. The van der Waals surface area contributed by atoms with E-state index in [2.05, 4.69) is 20.7 Å². The molecular weight excluding hydrogens is 428 g/mol. The van der Waals surface area contributed by atoms with Gasteiger partial charge in [0.15, 0.2) is 13.2 Å². The van der Waals surface area contributed by atoms with Gasteiger partial charge in [-0.3, -0.25) is 9.59 Å². The normalized spacial score (nSPS) is 10.6. The first-order valence-electron chi connectivity index (χ1n) is 10.0. The number of ether oxygens (including phenoxy) is 2. The minimum absolute atomic E-state index is 0.0942. The lowest BCUT2D eigenvalue weighted by molar-refractivity contribution is -0.145. The Morgan fingerprint density at radius 3 is 2.48 bits per heavy atom. The first-order valence-corrected chi connectivity index (χ1v) is 10.0. The molecule has 0 aliphatic rings. The van der Waals surface area contributed by atoms with Crippen molar-refractivity contribution in [3.05, 3.63) is 72.3 Å². The highest BCUT2D eigenvalue weighted by molar-refractivity contribution is 5.82. The molecule has 168 valence electrons. The Balaban J connectivity index is 1.28. The van der Waals surface area contributed by atoms with Gasteiger partial charge in [-0.1, -0.05) is 53.7 Å². The fourth-order valence-electron chi connectivity index (χ4n) is 2.91. The summed E-state index contributed by atoms with van der Waals surface area (Å²) < 4.78 is 21.3. The first-order chi connectivity index (χ1) is 16.1. The number of carbonyl (C=O) groups excluding carboxylic acids is 2. The first kappa shape index (κ1) is 21.8. The largest absolute Gasteiger partial charge is 0.484 e. The van der Waals surface area contributed by atoms with Crippen LogP contribution < -0.4 is 10.1 Å². The number of nitrogens with zero attached hydrogens (tertiary/aromatic N) is 3. The van der Waals surface area contributed by atoms with E-state index in [-0.39, 0.29) is 31.5 Å². The van der Waals surface area contributed by atoms with E-state index in [1.54, 1.807) is 31.2 Å². The molecule has 0 bridgehead atoms. The quantitative estimate of drug-likeness (QED) is 0.384. The van der Waals surface area contributed by atoms with Crippen molar-refractivity contribution in [2.75, 3.05) is 13.2 Å². The monoisotopic (exact) mass is 448 g/mol. The molecule has 4 rings (SSSR count). The molecule has 2 aromatic heterocycles. The number of benzene rings is 2. The number of aryl methyl sites for hydroxylation is 1. The second-order valence-electron chi connectivity index (χ2n) is 6.87. The minimum atomic E-state index is -0.658. The fraction of sp³-hybridized carbons (Fsp3) is 0.174. The molecule has 2 aromatic carbocycles. The molecule has 4 aromatic rings. The van der Waals surface area contributed by atoms with Crippen molar-refractivity contribution in [1.82, 2.24) is 20.7 Å². The SMILES string of the molecule is Cc1onc(-c2ccccc2)c1-c1nnc(COC(=O)CNC(=O)COc2ccccc2)o1. The highest BCUT2D eigenvalue weighted by Gasteiger charge is 2.22. The lowest BCUT2D eigenvalue weighted by Crippen LogP contribution is -2.34. The number of aromatic nitrogens is 3. The summed E-state index contributed by atoms with van der Waals surface area (Å²) in [6.45, 7) is 0.961. The molecule has 0 saturated carbocycles. The van der Waals surface area contributed by atoms with Gasteiger partial charge in [-0.2, -0.15) is 0 Å². The molecule has 1 amide bonds. The van der Waals surface area contributed by atoms with E-state index < -0.39 is 11.9 Å². The van der Waals surface area contributed by atoms with E-state index in [0.29, 0.717) is 22.8 Å². The van der Waals surface area contributed by atoms with Crippen LogP contribution in [0, 0.1) is 6.92 Å². The molecule has 0 atom stereocenters. The van der Waals surface area contributed by atoms with Gasteiger partial charge in [0.25, 0.3) is 17.7 Å². The lowest BCUT2D eigenvalue weighted by Gasteiger charge is -2.07. The van der Waals surface area contributed by atoms with Crippen molar-refractivity contribution >= 4 is 11.9 Å². The molecule has 0 saturated heterocycles. The van der Waals surface area contributed by atoms with Crippen molar-refractivity contribution in [2.45, 2.75) is 13.5 Å². The van der Waals surface area contributed by atoms with Crippen molar-refractivity contribution < 1.29 is 28.0 Å². The Bertz CT molecular complexity index is 1220. The van der Waals surface area contributed by atoms with Crippen molar-refractivity contribution in [1.29, 1.82) is 0 Å². The third-order valence-electron chi connectivity index (χ3n) is 4.49. The summed E-state index contributed by atoms with van der Waals surface area (Å²) in [6.07, 6.45) is 0. The van der Waals surface area contributed by atoms with Gasteiger partial charge < -0.3 is 23.7 Å². The molecule has 0 unspecified atom stereocenters. The van der Waals surface area contributed by atoms with Crippen molar-refractivity contribution in [3.8, 4) is 28.5 Å². The van der Waals surface area contributed by atoms with Gasteiger partial charge in [-0.15, -0.1) is 10.2 Å². The lowest BCUT2D eigenvalue weighted by atomic mass is 10.1. The summed E-state index contributed by atoms with van der Waals surface area (Å²) in [7, 11) is 0. The summed E-state index contributed by atoms with van der Waals surface area (Å²) >= 11 is 0. The molecule has 1 N–H and O–H groups in total. The Morgan fingerprint density at radius 2 is 1.73 bits per heavy atom. The molecule has 0 spiro atoms. The number of nitrogens with one attached hydrogen (secondary N) is 1. The second kappa shape index (κ2) is 10.2. The van der Waals surface area contributed by atoms with Crippen LogP contribution in [0.15, 0.2) is 69.6 Å². The fourth-order valence-corrected chi connectivity index (χ4v) is 2.91. The third-order valence-corrected chi connectivity index (χ3v) is 4.49. The maximum Gasteiger partial charge on any atom is 0.325 e. The van der Waals surface area contributed by atoms with Crippen molar-refractivity contribution in [2.24, 2.45) is 0 Å². The molecule has 0 aliphatic carbocycles. The van der Waals surface area contributed by atoms with E-state index >= 15 is 0 Å². The van der Waals surface area contributed by atoms with Gasteiger partial charge in [0.2, 0.25) is 0 Å². The number of esters is 1. The van der Waals surface area contributed by atoms with Crippen LogP contribution in [0.2, 0.25) is 0 Å². The third kappa shape index (κ3) is 5.62. The van der Waals surface area contributed by atoms with Crippen LogP contribution in [0.1, 0.15) is 11.7 Å². The van der Waals surface area contributed by atoms with Crippen LogP contribution >= 0.6 is 0 Å². The van der Waals surface area contributed by atoms with E-state index in [4.69, 9.17) is 18.4 Å². The van der Waals surface area contributed by atoms with Gasteiger partial charge in [0.1, 0.15) is 29.3 Å². The topological polar surface area (TPSA) is 130 Å². The van der Waals surface area contributed by atoms with Crippen molar-refractivity contribution in [3.63, 3.8) is 0 Å². The molecule has 0 fully saturated rings. The standard InChI is InChI=1S/C23H20N4O6/c1-15-21(22(27-33-15)16-8-4-2-5-9-16)23-26-25-19(32-23)14-31-20(29)12-24-18(28)13-30-17-10-6-3-7-11-17/h2-11H,12-14H2,1H3,(H,24,28). The van der Waals surface area contributed by atoms with Gasteiger partial charge in [-0.25, -0.2) is 0 Å². The zero-order valence-corrected chi connectivity index (χ0v) is 17.7. The smallest absolute Gasteiger partial charge is 0.325 e. The number of amides is 1. The molecular formula is C23H20N4O6. The Morgan fingerprint density at radius 1 is 1.00 bits per heavy atom. The van der Waals surface area contributed by atoms with Crippen LogP contribution in [-0.4, -0.2) is 40.4 Å². The summed E-state index contributed by atoms with van der Waals surface area (Å²) in [6, 6.07) is 18.3. The predicted molar refractivity (Wildman–Crippen MR) is 115 cm³/mol. The zero-order valence-electron chi connectivity index (χ0n) is 17.7. The minimum Gasteiger partial charge on any atom is -0.484 e. The number of carbonyl (C=O) groups is 2. The highest BCUT2D eigenvalue weighted by atomic mass is 16.5. The van der Waals surface area contributed by atoms with Gasteiger partial charge in [0, 0.05) is 5.56 Å². The highest BCUT2D eigenvalue weighted by Crippen LogP contribution is 2.33. The van der Waals surface area contributed by atoms with E-state index in [0.717, 1.165) is 5.56 Å². The molecule has 2 heterocycles. The van der Waals surface area contributed by atoms with Crippen LogP contribution in [0.5, 0.6) is 5.75 Å². The number of para-hydroxylation sites is 1. The van der Waals surface area contributed by atoms with E-state index in [1.807, 2.05) is 36.4 Å². The Hall–Kier alpha value is -4.47. The van der Waals surface area contributed by atoms with Gasteiger partial charge in [-0.05, 0) is 19.1 Å². The number of rotatable bonds is 9. The van der Waals surface area contributed by atoms with E-state index in [9.17, 15) is 9.59 Å².